The van der Waals surface area contributed by atoms with E-state index in [4.69, 9.17) is 9.47 Å². The number of halogens is 2. The Bertz CT molecular complexity index is 1140. The minimum absolute atomic E-state index is 0.0882. The van der Waals surface area contributed by atoms with E-state index in [1.54, 1.807) is 25.1 Å². The predicted molar refractivity (Wildman–Crippen MR) is 137 cm³/mol. The van der Waals surface area contributed by atoms with Crippen molar-refractivity contribution in [2.75, 3.05) is 18.5 Å². The molecule has 0 saturated carbocycles. The van der Waals surface area contributed by atoms with E-state index in [0.717, 1.165) is 36.1 Å². The maximum absolute atomic E-state index is 13.0. The lowest BCUT2D eigenvalue weighted by Crippen LogP contribution is -2.16. The number of benzene rings is 1. The van der Waals surface area contributed by atoms with Crippen molar-refractivity contribution in [3.63, 3.8) is 0 Å². The molecule has 6 nitrogen and oxygen atoms in total. The molecule has 1 N–H and O–H groups in total. The molecular formula is C24H22Br2N2O4S. The number of thiophene rings is 1. The van der Waals surface area contributed by atoms with Gasteiger partial charge in [-0.3, -0.25) is 4.79 Å². The molecule has 2 aromatic rings. The number of nitrogens with one attached hydrogen (secondary N) is 1. The molecule has 0 aliphatic heterocycles. The predicted octanol–water partition coefficient (Wildman–Crippen LogP) is 6.44. The number of amides is 1. The van der Waals surface area contributed by atoms with Crippen LogP contribution in [0.15, 0.2) is 39.3 Å². The lowest BCUT2D eigenvalue weighted by molar-refractivity contribution is -0.112. The Morgan fingerprint density at radius 1 is 1.27 bits per heavy atom. The fourth-order valence-corrected chi connectivity index (χ4v) is 6.23. The van der Waals surface area contributed by atoms with E-state index in [-0.39, 0.29) is 12.2 Å². The Morgan fingerprint density at radius 2 is 1.97 bits per heavy atom. The number of anilines is 1. The molecule has 0 atom stereocenters. The summed E-state index contributed by atoms with van der Waals surface area (Å²) >= 11 is 8.29. The summed E-state index contributed by atoms with van der Waals surface area (Å²) in [6, 6.07) is 5.46. The number of hydrogen-bond acceptors (Lipinski definition) is 6. The summed E-state index contributed by atoms with van der Waals surface area (Å²) in [4.78, 5) is 26.7. The lowest BCUT2D eigenvalue weighted by atomic mass is 9.95. The smallest absolute Gasteiger partial charge is 0.341 e. The molecule has 3 rings (SSSR count). The molecule has 0 spiro atoms. The van der Waals surface area contributed by atoms with Crippen LogP contribution in [0.3, 0.4) is 0 Å². The van der Waals surface area contributed by atoms with Crippen LogP contribution in [0.1, 0.15) is 46.1 Å². The van der Waals surface area contributed by atoms with Crippen molar-refractivity contribution in [2.24, 2.45) is 0 Å². The summed E-state index contributed by atoms with van der Waals surface area (Å²) in [5.74, 6) is -0.434. The van der Waals surface area contributed by atoms with Crippen LogP contribution in [0.25, 0.3) is 6.08 Å². The van der Waals surface area contributed by atoms with E-state index in [1.807, 2.05) is 6.07 Å². The fraction of sp³-hybridized carbons (Fsp3) is 0.292. The van der Waals surface area contributed by atoms with Crippen molar-refractivity contribution in [2.45, 2.75) is 32.6 Å². The highest BCUT2D eigenvalue weighted by molar-refractivity contribution is 9.11. The Hall–Kier alpha value is -2.41. The van der Waals surface area contributed by atoms with Gasteiger partial charge in [-0.2, -0.15) is 5.26 Å². The third-order valence-corrected chi connectivity index (χ3v) is 7.31. The molecule has 0 bridgehead atoms. The molecule has 1 aromatic heterocycles. The van der Waals surface area contributed by atoms with Gasteiger partial charge in [0.1, 0.15) is 29.0 Å². The van der Waals surface area contributed by atoms with Crippen LogP contribution in [0.2, 0.25) is 0 Å². The minimum atomic E-state index is -0.583. The van der Waals surface area contributed by atoms with Crippen LogP contribution in [0, 0.1) is 11.3 Å². The molecule has 1 aliphatic rings. The van der Waals surface area contributed by atoms with Crippen molar-refractivity contribution >= 4 is 66.2 Å². The average Bonchev–Trinajstić information content (AvgIpc) is 3.14. The average molecular weight is 594 g/mol. The van der Waals surface area contributed by atoms with E-state index in [9.17, 15) is 14.9 Å². The minimum Gasteiger partial charge on any atom is -0.487 e. The number of rotatable bonds is 8. The summed E-state index contributed by atoms with van der Waals surface area (Å²) in [7, 11) is 0. The van der Waals surface area contributed by atoms with Gasteiger partial charge in [0.05, 0.1) is 21.1 Å². The Balaban J connectivity index is 1.90. The molecule has 9 heteroatoms. The third-order valence-electron chi connectivity index (χ3n) is 4.92. The van der Waals surface area contributed by atoms with Gasteiger partial charge in [-0.15, -0.1) is 11.3 Å². The van der Waals surface area contributed by atoms with Gasteiger partial charge in [-0.25, -0.2) is 4.79 Å². The Kier molecular flexibility index (Phi) is 8.89. The van der Waals surface area contributed by atoms with Gasteiger partial charge in [-0.05, 0) is 93.8 Å². The van der Waals surface area contributed by atoms with E-state index in [2.05, 4.69) is 43.8 Å². The van der Waals surface area contributed by atoms with E-state index < -0.39 is 11.9 Å². The van der Waals surface area contributed by atoms with Crippen molar-refractivity contribution in [1.82, 2.24) is 0 Å². The number of aryl methyl sites for hydroxylation is 1. The van der Waals surface area contributed by atoms with Gasteiger partial charge >= 0.3 is 5.97 Å². The quantitative estimate of drug-likeness (QED) is 0.165. The highest BCUT2D eigenvalue weighted by Crippen LogP contribution is 2.39. The van der Waals surface area contributed by atoms with Gasteiger partial charge in [-0.1, -0.05) is 12.7 Å². The second-order valence-corrected chi connectivity index (χ2v) is 9.99. The number of ether oxygens (including phenoxy) is 2. The van der Waals surface area contributed by atoms with Crippen molar-refractivity contribution in [1.29, 1.82) is 5.26 Å². The van der Waals surface area contributed by atoms with Gasteiger partial charge < -0.3 is 14.8 Å². The number of hydrogen-bond donors (Lipinski definition) is 1. The van der Waals surface area contributed by atoms with Crippen LogP contribution in [-0.2, 0) is 22.4 Å². The molecule has 0 saturated heterocycles. The number of esters is 1. The van der Waals surface area contributed by atoms with Crippen LogP contribution in [-0.4, -0.2) is 25.1 Å². The van der Waals surface area contributed by atoms with E-state index >= 15 is 0 Å². The number of fused-ring (bicyclic) bond motifs is 1. The van der Waals surface area contributed by atoms with Crippen LogP contribution >= 0.6 is 43.2 Å². The first-order valence-electron chi connectivity index (χ1n) is 10.4. The van der Waals surface area contributed by atoms with Crippen LogP contribution in [0.5, 0.6) is 5.75 Å². The van der Waals surface area contributed by atoms with Crippen molar-refractivity contribution < 1.29 is 19.1 Å². The lowest BCUT2D eigenvalue weighted by Gasteiger charge is -2.12. The van der Waals surface area contributed by atoms with E-state index in [0.29, 0.717) is 37.4 Å². The number of carbonyl (C=O) groups excluding carboxylic acids is 2. The highest BCUT2D eigenvalue weighted by atomic mass is 79.9. The number of nitriles is 1. The number of nitrogens with zero attached hydrogens (tertiary/aromatic N) is 1. The molecule has 0 fully saturated rings. The summed E-state index contributed by atoms with van der Waals surface area (Å²) in [5, 5.41) is 12.9. The topological polar surface area (TPSA) is 88.4 Å². The summed E-state index contributed by atoms with van der Waals surface area (Å²) in [5.41, 5.74) is 1.90. The number of carbonyl (C=O) groups is 2. The van der Waals surface area contributed by atoms with Crippen LogP contribution in [0.4, 0.5) is 5.00 Å². The molecule has 1 heterocycles. The molecule has 1 amide bonds. The van der Waals surface area contributed by atoms with E-state index in [1.165, 1.54) is 17.4 Å². The molecule has 1 aromatic carbocycles. The molecule has 33 heavy (non-hydrogen) atoms. The van der Waals surface area contributed by atoms with Gasteiger partial charge in [0, 0.05) is 4.88 Å². The first kappa shape index (κ1) is 25.2. The standard InChI is InChI=1S/C24H22Br2N2O4S/c1-3-9-32-21-17(25)11-14(12-18(21)26)10-15(13-27)22(29)28-23-20(24(30)31-4-2)16-7-5-6-8-19(16)33-23/h3,10-12H,1,4-9H2,2H3,(H,28,29). The molecule has 1 aliphatic carbocycles. The monoisotopic (exact) mass is 592 g/mol. The van der Waals surface area contributed by atoms with Gasteiger partial charge in [0.15, 0.2) is 0 Å². The maximum Gasteiger partial charge on any atom is 0.341 e. The molecule has 0 unspecified atom stereocenters. The maximum atomic E-state index is 13.0. The highest BCUT2D eigenvalue weighted by Gasteiger charge is 2.27. The zero-order valence-corrected chi connectivity index (χ0v) is 22.0. The SMILES string of the molecule is C=CCOc1c(Br)cc(C=C(C#N)C(=O)Nc2sc3c(c2C(=O)OCC)CCCC3)cc1Br. The van der Waals surface area contributed by atoms with Gasteiger partial charge in [0.25, 0.3) is 5.91 Å². The largest absolute Gasteiger partial charge is 0.487 e. The molecule has 172 valence electrons. The second-order valence-electron chi connectivity index (χ2n) is 7.17. The van der Waals surface area contributed by atoms with Crippen LogP contribution < -0.4 is 10.1 Å². The normalized spacial score (nSPS) is 13.0. The summed E-state index contributed by atoms with van der Waals surface area (Å²) in [6.45, 7) is 5.96. The van der Waals surface area contributed by atoms with Crippen molar-refractivity contribution in [3.8, 4) is 11.8 Å². The molecular weight excluding hydrogens is 572 g/mol. The second kappa shape index (κ2) is 11.6. The zero-order valence-electron chi connectivity index (χ0n) is 18.0. The first-order valence-corrected chi connectivity index (χ1v) is 12.8. The Labute approximate surface area is 213 Å². The summed E-state index contributed by atoms with van der Waals surface area (Å²) in [6.07, 6.45) is 6.80. The van der Waals surface area contributed by atoms with Gasteiger partial charge in [0.2, 0.25) is 0 Å². The summed E-state index contributed by atoms with van der Waals surface area (Å²) < 4.78 is 12.2. The fourth-order valence-electron chi connectivity index (χ4n) is 3.50. The van der Waals surface area contributed by atoms with Crippen molar-refractivity contribution in [3.05, 3.63) is 60.9 Å². The zero-order chi connectivity index (χ0) is 24.0. The Morgan fingerprint density at radius 3 is 2.61 bits per heavy atom. The third kappa shape index (κ3) is 5.94. The first-order chi connectivity index (χ1) is 15.9. The molecule has 0 radical (unpaired) electrons.